The van der Waals surface area contributed by atoms with Crippen LogP contribution in [-0.4, -0.2) is 44.8 Å². The predicted molar refractivity (Wildman–Crippen MR) is 90.3 cm³/mol. The number of sulfonamides is 1. The number of aryl methyl sites for hydroxylation is 1. The molecule has 0 aliphatic heterocycles. The van der Waals surface area contributed by atoms with Crippen LogP contribution in [0.25, 0.3) is 0 Å². The van der Waals surface area contributed by atoms with Gasteiger partial charge in [0.1, 0.15) is 0 Å². The van der Waals surface area contributed by atoms with E-state index in [1.54, 1.807) is 0 Å². The number of nitrogen functional groups attached to an aromatic ring is 1. The molecule has 11 heteroatoms. The highest BCUT2D eigenvalue weighted by Crippen LogP contribution is 2.16. The minimum Gasteiger partial charge on any atom is -0.399 e. The van der Waals surface area contributed by atoms with Crippen LogP contribution in [0.1, 0.15) is 18.9 Å². The maximum absolute atomic E-state index is 11.2. The van der Waals surface area contributed by atoms with E-state index >= 15 is 0 Å². The Bertz CT molecular complexity index is 696. The van der Waals surface area contributed by atoms with Crippen LogP contribution in [-0.2, 0) is 20.4 Å². The Morgan fingerprint density at radius 1 is 1.22 bits per heavy atom. The lowest BCUT2D eigenvalue weighted by atomic mass is 10.1. The van der Waals surface area contributed by atoms with Crippen molar-refractivity contribution in [1.82, 2.24) is 4.72 Å². The smallest absolute Gasteiger partial charge is 0.394 e. The van der Waals surface area contributed by atoms with Crippen LogP contribution in [0.5, 0.6) is 0 Å². The molecule has 0 amide bonds. The van der Waals surface area contributed by atoms with Gasteiger partial charge in [-0.05, 0) is 37.1 Å². The molecular formula is C12H23N3O6S2. The van der Waals surface area contributed by atoms with Gasteiger partial charge in [-0.1, -0.05) is 6.92 Å². The quantitative estimate of drug-likeness (QED) is 0.361. The first-order valence-electron chi connectivity index (χ1n) is 6.59. The van der Waals surface area contributed by atoms with Crippen molar-refractivity contribution in [3.63, 3.8) is 0 Å². The van der Waals surface area contributed by atoms with Crippen molar-refractivity contribution in [2.45, 2.75) is 26.3 Å². The van der Waals surface area contributed by atoms with E-state index in [9.17, 15) is 8.42 Å². The van der Waals surface area contributed by atoms with E-state index in [1.165, 1.54) is 6.26 Å². The minimum absolute atomic E-state index is 0.113. The van der Waals surface area contributed by atoms with Gasteiger partial charge in [-0.15, -0.1) is 0 Å². The van der Waals surface area contributed by atoms with Crippen LogP contribution in [0.3, 0.4) is 0 Å². The fraction of sp³-hybridized carbons (Fsp3) is 0.500. The average Bonchev–Trinajstić information content (AvgIpc) is 2.35. The lowest BCUT2D eigenvalue weighted by molar-refractivity contribution is 0.381. The highest BCUT2D eigenvalue weighted by atomic mass is 32.3. The van der Waals surface area contributed by atoms with Crippen LogP contribution >= 0.6 is 0 Å². The molecule has 0 saturated heterocycles. The van der Waals surface area contributed by atoms with Gasteiger partial charge in [0.05, 0.1) is 6.26 Å². The molecule has 1 aromatic rings. The van der Waals surface area contributed by atoms with Crippen LogP contribution in [0.4, 0.5) is 11.4 Å². The van der Waals surface area contributed by atoms with Crippen molar-refractivity contribution in [1.29, 1.82) is 0 Å². The molecule has 0 aromatic heterocycles. The van der Waals surface area contributed by atoms with Crippen LogP contribution in [0, 0.1) is 6.92 Å². The van der Waals surface area contributed by atoms with E-state index < -0.39 is 20.4 Å². The van der Waals surface area contributed by atoms with E-state index in [1.807, 2.05) is 32.0 Å². The van der Waals surface area contributed by atoms with Gasteiger partial charge >= 0.3 is 10.4 Å². The molecule has 0 spiro atoms. The largest absolute Gasteiger partial charge is 0.399 e. The zero-order valence-corrected chi connectivity index (χ0v) is 14.8. The second kappa shape index (κ2) is 9.03. The number of benzene rings is 1. The molecular weight excluding hydrogens is 346 g/mol. The van der Waals surface area contributed by atoms with E-state index in [0.29, 0.717) is 6.54 Å². The molecule has 134 valence electrons. The molecule has 1 atom stereocenters. The Labute approximate surface area is 136 Å². The van der Waals surface area contributed by atoms with E-state index in [4.69, 9.17) is 23.3 Å². The summed E-state index contributed by atoms with van der Waals surface area (Å²) in [6.07, 6.45) is 1.90. The molecule has 0 fully saturated rings. The van der Waals surface area contributed by atoms with E-state index in [2.05, 4.69) is 10.0 Å². The van der Waals surface area contributed by atoms with Crippen LogP contribution in [0.2, 0.25) is 0 Å². The van der Waals surface area contributed by atoms with Crippen molar-refractivity contribution in [3.8, 4) is 0 Å². The molecule has 0 saturated carbocycles. The number of rotatable bonds is 6. The van der Waals surface area contributed by atoms with Crippen molar-refractivity contribution >= 4 is 31.8 Å². The molecule has 0 heterocycles. The molecule has 23 heavy (non-hydrogen) atoms. The molecule has 0 radical (unpaired) electrons. The summed E-state index contributed by atoms with van der Waals surface area (Å²) in [7, 11) is -7.83. The fourth-order valence-electron chi connectivity index (χ4n) is 1.60. The minimum atomic E-state index is -4.67. The summed E-state index contributed by atoms with van der Waals surface area (Å²) in [6.45, 7) is 4.43. The van der Waals surface area contributed by atoms with Crippen molar-refractivity contribution in [3.05, 3.63) is 23.8 Å². The van der Waals surface area contributed by atoms with Gasteiger partial charge in [-0.2, -0.15) is 8.42 Å². The van der Waals surface area contributed by atoms with Crippen molar-refractivity contribution in [2.24, 2.45) is 0 Å². The summed E-state index contributed by atoms with van der Waals surface area (Å²) in [4.78, 5) is 0. The third kappa shape index (κ3) is 12.8. The summed E-state index contributed by atoms with van der Waals surface area (Å²) >= 11 is 0. The summed E-state index contributed by atoms with van der Waals surface area (Å²) in [5, 5.41) is 3.20. The van der Waals surface area contributed by atoms with Crippen LogP contribution < -0.4 is 15.8 Å². The molecule has 1 unspecified atom stereocenters. The lowest BCUT2D eigenvalue weighted by Gasteiger charge is -2.17. The van der Waals surface area contributed by atoms with Crippen molar-refractivity contribution in [2.75, 3.05) is 23.9 Å². The zero-order chi connectivity index (χ0) is 18.3. The molecule has 1 aromatic carbocycles. The predicted octanol–water partition coefficient (Wildman–Crippen LogP) is 0.664. The summed E-state index contributed by atoms with van der Waals surface area (Å²) in [5.74, 6) is 0. The first kappa shape index (κ1) is 21.6. The van der Waals surface area contributed by atoms with Crippen molar-refractivity contribution < 1.29 is 25.9 Å². The monoisotopic (exact) mass is 369 g/mol. The van der Waals surface area contributed by atoms with Gasteiger partial charge in [0.25, 0.3) is 0 Å². The highest BCUT2D eigenvalue weighted by Gasteiger charge is 2.11. The first-order chi connectivity index (χ1) is 10.3. The third-order valence-electron chi connectivity index (χ3n) is 2.70. The number of nitrogens with two attached hydrogens (primary N) is 1. The molecule has 9 nitrogen and oxygen atoms in total. The molecule has 6 N–H and O–H groups in total. The van der Waals surface area contributed by atoms with Gasteiger partial charge < -0.3 is 11.1 Å². The Morgan fingerprint density at radius 3 is 2.13 bits per heavy atom. The Morgan fingerprint density at radius 2 is 1.74 bits per heavy atom. The molecule has 0 bridgehead atoms. The first-order valence-corrected chi connectivity index (χ1v) is 9.88. The average molecular weight is 369 g/mol. The standard InChI is InChI=1S/C12H21N3O2S.H2O4S/c1-4-10(15-18(3,16)17)8-14-11-5-6-12(13)9(2)7-11;1-5(2,3)4/h5-7,10,14-15H,4,8,13H2,1-3H3;(H2,1,2,3,4). The Hall–Kier alpha value is -1.40. The maximum atomic E-state index is 11.2. The summed E-state index contributed by atoms with van der Waals surface area (Å²) in [6, 6.07) is 5.55. The normalized spacial score (nSPS) is 12.9. The van der Waals surface area contributed by atoms with E-state index in [-0.39, 0.29) is 6.04 Å². The fourth-order valence-corrected chi connectivity index (χ4v) is 2.45. The van der Waals surface area contributed by atoms with Gasteiger partial charge in [-0.3, -0.25) is 9.11 Å². The third-order valence-corrected chi connectivity index (χ3v) is 3.46. The molecule has 0 aliphatic carbocycles. The van der Waals surface area contributed by atoms with Gasteiger partial charge in [-0.25, -0.2) is 13.1 Å². The summed E-state index contributed by atoms with van der Waals surface area (Å²) in [5.41, 5.74) is 8.43. The Kier molecular flexibility index (Phi) is 8.48. The van der Waals surface area contributed by atoms with Gasteiger partial charge in [0.15, 0.2) is 0 Å². The second-order valence-corrected chi connectivity index (χ2v) is 7.57. The SMILES string of the molecule is CCC(CNc1ccc(N)c(C)c1)NS(C)(=O)=O.O=S(=O)(O)O. The van der Waals surface area contributed by atoms with E-state index in [0.717, 1.165) is 23.4 Å². The van der Waals surface area contributed by atoms with Gasteiger partial charge in [0, 0.05) is 24.0 Å². The number of hydrogen-bond acceptors (Lipinski definition) is 6. The van der Waals surface area contributed by atoms with Gasteiger partial charge in [0.2, 0.25) is 10.0 Å². The molecule has 1 rings (SSSR count). The maximum Gasteiger partial charge on any atom is 0.394 e. The number of hydrogen-bond donors (Lipinski definition) is 5. The lowest BCUT2D eigenvalue weighted by Crippen LogP contribution is -2.38. The summed E-state index contributed by atoms with van der Waals surface area (Å²) < 4.78 is 56.5. The number of nitrogens with one attached hydrogen (secondary N) is 2. The highest BCUT2D eigenvalue weighted by molar-refractivity contribution is 7.88. The Balaban J connectivity index is 0.000000841. The topological polar surface area (TPSA) is 159 Å². The molecule has 0 aliphatic rings. The number of anilines is 2. The van der Waals surface area contributed by atoms with Crippen LogP contribution in [0.15, 0.2) is 18.2 Å². The second-order valence-electron chi connectivity index (χ2n) is 4.90. The zero-order valence-electron chi connectivity index (χ0n) is 13.1.